The molecular formula is C14H22N4O. The molecule has 5 heteroatoms. The van der Waals surface area contributed by atoms with Gasteiger partial charge in [-0.3, -0.25) is 15.6 Å². The van der Waals surface area contributed by atoms with E-state index in [9.17, 15) is 4.79 Å². The fourth-order valence-electron chi connectivity index (χ4n) is 2.74. The Balaban J connectivity index is 2.08. The molecule has 3 unspecified atom stereocenters. The zero-order chi connectivity index (χ0) is 13.8. The predicted molar refractivity (Wildman–Crippen MR) is 75.5 cm³/mol. The third kappa shape index (κ3) is 3.04. The van der Waals surface area contributed by atoms with Crippen molar-refractivity contribution in [3.05, 3.63) is 24.0 Å². The Bertz CT molecular complexity index is 449. The number of hydrogen-bond acceptors (Lipinski definition) is 4. The maximum Gasteiger partial charge on any atom is 0.253 e. The maximum atomic E-state index is 12.3. The van der Waals surface area contributed by atoms with Crippen molar-refractivity contribution in [2.45, 2.75) is 39.2 Å². The molecule has 3 atom stereocenters. The van der Waals surface area contributed by atoms with E-state index in [1.807, 2.05) is 0 Å². The Labute approximate surface area is 114 Å². The lowest BCUT2D eigenvalue weighted by Gasteiger charge is -2.34. The molecule has 19 heavy (non-hydrogen) atoms. The van der Waals surface area contributed by atoms with Crippen LogP contribution in [0.3, 0.4) is 0 Å². The lowest BCUT2D eigenvalue weighted by atomic mass is 9.78. The van der Waals surface area contributed by atoms with Gasteiger partial charge in [-0.25, -0.2) is 0 Å². The molecule has 1 saturated carbocycles. The van der Waals surface area contributed by atoms with Gasteiger partial charge in [-0.15, -0.1) is 0 Å². The molecule has 2 rings (SSSR count). The van der Waals surface area contributed by atoms with Gasteiger partial charge in [0.2, 0.25) is 0 Å². The lowest BCUT2D eigenvalue weighted by Crippen LogP contribution is -2.43. The van der Waals surface area contributed by atoms with Crippen molar-refractivity contribution in [1.29, 1.82) is 0 Å². The SMILES string of the molecule is CC1CCCC(NC(=O)c2ccncc2NN)C1C. The van der Waals surface area contributed by atoms with E-state index in [0.29, 0.717) is 23.1 Å². The first-order chi connectivity index (χ1) is 9.13. The second kappa shape index (κ2) is 6.02. The molecule has 1 fully saturated rings. The topological polar surface area (TPSA) is 80.0 Å². The zero-order valence-corrected chi connectivity index (χ0v) is 11.5. The van der Waals surface area contributed by atoms with Crippen molar-refractivity contribution in [3.8, 4) is 0 Å². The molecule has 4 N–H and O–H groups in total. The van der Waals surface area contributed by atoms with Gasteiger partial charge in [0.1, 0.15) is 0 Å². The van der Waals surface area contributed by atoms with Crippen molar-refractivity contribution in [2.75, 3.05) is 5.43 Å². The predicted octanol–water partition coefficient (Wildman–Crippen LogP) is 1.92. The summed E-state index contributed by atoms with van der Waals surface area (Å²) in [5.74, 6) is 6.48. The van der Waals surface area contributed by atoms with E-state index in [2.05, 4.69) is 29.6 Å². The van der Waals surface area contributed by atoms with Crippen molar-refractivity contribution >= 4 is 11.6 Å². The summed E-state index contributed by atoms with van der Waals surface area (Å²) in [5, 5.41) is 3.13. The molecule has 0 aromatic carbocycles. The molecule has 1 aromatic rings. The summed E-state index contributed by atoms with van der Waals surface area (Å²) in [6.45, 7) is 4.46. The Morgan fingerprint density at radius 2 is 2.21 bits per heavy atom. The van der Waals surface area contributed by atoms with Crippen LogP contribution in [-0.4, -0.2) is 16.9 Å². The van der Waals surface area contributed by atoms with Gasteiger partial charge in [0.15, 0.2) is 0 Å². The molecule has 1 aliphatic rings. The highest BCUT2D eigenvalue weighted by atomic mass is 16.1. The number of nitrogen functional groups attached to an aromatic ring is 1. The Morgan fingerprint density at radius 3 is 2.95 bits per heavy atom. The van der Waals surface area contributed by atoms with E-state index in [1.165, 1.54) is 12.8 Å². The van der Waals surface area contributed by atoms with E-state index in [4.69, 9.17) is 5.84 Å². The highest BCUT2D eigenvalue weighted by Gasteiger charge is 2.28. The van der Waals surface area contributed by atoms with Gasteiger partial charge in [0.25, 0.3) is 5.91 Å². The van der Waals surface area contributed by atoms with Crippen LogP contribution in [-0.2, 0) is 0 Å². The molecule has 104 valence electrons. The largest absolute Gasteiger partial charge is 0.349 e. The fourth-order valence-corrected chi connectivity index (χ4v) is 2.74. The maximum absolute atomic E-state index is 12.3. The Kier molecular flexibility index (Phi) is 4.37. The monoisotopic (exact) mass is 262 g/mol. The number of carbonyl (C=O) groups excluding carboxylic acids is 1. The molecule has 5 nitrogen and oxygen atoms in total. The van der Waals surface area contributed by atoms with Gasteiger partial charge in [-0.1, -0.05) is 26.7 Å². The average molecular weight is 262 g/mol. The minimum atomic E-state index is -0.0821. The van der Waals surface area contributed by atoms with E-state index in [-0.39, 0.29) is 11.9 Å². The summed E-state index contributed by atoms with van der Waals surface area (Å²) >= 11 is 0. The quantitative estimate of drug-likeness (QED) is 0.574. The van der Waals surface area contributed by atoms with Crippen LogP contribution in [0.5, 0.6) is 0 Å². The van der Waals surface area contributed by atoms with Crippen molar-refractivity contribution in [2.24, 2.45) is 17.7 Å². The number of carbonyl (C=O) groups is 1. The number of hydrogen-bond donors (Lipinski definition) is 3. The van der Waals surface area contributed by atoms with Crippen molar-refractivity contribution < 1.29 is 4.79 Å². The molecule has 0 aliphatic heterocycles. The van der Waals surface area contributed by atoms with Crippen molar-refractivity contribution in [1.82, 2.24) is 10.3 Å². The number of rotatable bonds is 3. The van der Waals surface area contributed by atoms with Crippen LogP contribution < -0.4 is 16.6 Å². The number of nitrogens with zero attached hydrogens (tertiary/aromatic N) is 1. The molecule has 0 radical (unpaired) electrons. The molecule has 0 bridgehead atoms. The van der Waals surface area contributed by atoms with Gasteiger partial charge in [0, 0.05) is 12.2 Å². The Hall–Kier alpha value is -1.62. The van der Waals surface area contributed by atoms with Crippen LogP contribution in [0.25, 0.3) is 0 Å². The number of amides is 1. The minimum absolute atomic E-state index is 0.0821. The second-order valence-electron chi connectivity index (χ2n) is 5.41. The van der Waals surface area contributed by atoms with Gasteiger partial charge < -0.3 is 10.7 Å². The average Bonchev–Trinajstić information content (AvgIpc) is 2.43. The first-order valence-corrected chi connectivity index (χ1v) is 6.85. The molecule has 0 spiro atoms. The van der Waals surface area contributed by atoms with Gasteiger partial charge in [0.05, 0.1) is 17.4 Å². The van der Waals surface area contributed by atoms with Crippen LogP contribution >= 0.6 is 0 Å². The summed E-state index contributed by atoms with van der Waals surface area (Å²) in [5.41, 5.74) is 3.61. The molecule has 1 aromatic heterocycles. The number of aromatic nitrogens is 1. The molecule has 1 aliphatic carbocycles. The highest BCUT2D eigenvalue weighted by molar-refractivity contribution is 5.99. The zero-order valence-electron chi connectivity index (χ0n) is 11.5. The molecular weight excluding hydrogens is 240 g/mol. The normalized spacial score (nSPS) is 26.8. The number of nitrogens with one attached hydrogen (secondary N) is 2. The standard InChI is InChI=1S/C14H22N4O/c1-9-4-3-5-12(10(9)2)17-14(19)11-6-7-16-8-13(11)18-15/h6-10,12,18H,3-5,15H2,1-2H3,(H,17,19). The van der Waals surface area contributed by atoms with E-state index in [1.54, 1.807) is 18.5 Å². The molecule has 1 amide bonds. The van der Waals surface area contributed by atoms with Crippen LogP contribution in [0.1, 0.15) is 43.5 Å². The summed E-state index contributed by atoms with van der Waals surface area (Å²) in [4.78, 5) is 16.3. The summed E-state index contributed by atoms with van der Waals surface area (Å²) in [6.07, 6.45) is 6.63. The molecule has 1 heterocycles. The van der Waals surface area contributed by atoms with Gasteiger partial charge in [-0.2, -0.15) is 0 Å². The first kappa shape index (κ1) is 13.8. The van der Waals surface area contributed by atoms with Crippen molar-refractivity contribution in [3.63, 3.8) is 0 Å². The Morgan fingerprint density at radius 1 is 1.42 bits per heavy atom. The fraction of sp³-hybridized carbons (Fsp3) is 0.571. The first-order valence-electron chi connectivity index (χ1n) is 6.85. The highest BCUT2D eigenvalue weighted by Crippen LogP contribution is 2.29. The molecule has 0 saturated heterocycles. The van der Waals surface area contributed by atoms with Crippen LogP contribution in [0.4, 0.5) is 5.69 Å². The van der Waals surface area contributed by atoms with Crippen LogP contribution in [0.15, 0.2) is 18.5 Å². The second-order valence-corrected chi connectivity index (χ2v) is 5.41. The van der Waals surface area contributed by atoms with Gasteiger partial charge >= 0.3 is 0 Å². The number of anilines is 1. The minimum Gasteiger partial charge on any atom is -0.349 e. The van der Waals surface area contributed by atoms with E-state index >= 15 is 0 Å². The smallest absolute Gasteiger partial charge is 0.253 e. The number of hydrazine groups is 1. The van der Waals surface area contributed by atoms with Gasteiger partial charge in [-0.05, 0) is 24.3 Å². The summed E-state index contributed by atoms with van der Waals surface area (Å²) in [6, 6.07) is 1.93. The third-order valence-electron chi connectivity index (χ3n) is 4.24. The lowest BCUT2D eigenvalue weighted by molar-refractivity contribution is 0.0892. The summed E-state index contributed by atoms with van der Waals surface area (Å²) in [7, 11) is 0. The van der Waals surface area contributed by atoms with Crippen LogP contribution in [0, 0.1) is 11.8 Å². The van der Waals surface area contributed by atoms with Crippen LogP contribution in [0.2, 0.25) is 0 Å². The summed E-state index contributed by atoms with van der Waals surface area (Å²) < 4.78 is 0. The number of pyridine rings is 1. The third-order valence-corrected chi connectivity index (χ3v) is 4.24. The number of nitrogens with two attached hydrogens (primary N) is 1. The van der Waals surface area contributed by atoms with E-state index < -0.39 is 0 Å². The van der Waals surface area contributed by atoms with E-state index in [0.717, 1.165) is 6.42 Å².